The van der Waals surface area contributed by atoms with Crippen molar-refractivity contribution in [2.45, 2.75) is 30.6 Å². The van der Waals surface area contributed by atoms with Gasteiger partial charge in [-0.1, -0.05) is 6.07 Å². The van der Waals surface area contributed by atoms with Gasteiger partial charge in [-0.15, -0.1) is 0 Å². The molecule has 0 unspecified atom stereocenters. The van der Waals surface area contributed by atoms with E-state index in [-0.39, 0.29) is 37.9 Å². The molecule has 1 saturated heterocycles. The Kier molecular flexibility index (Phi) is 5.76. The highest BCUT2D eigenvalue weighted by Gasteiger charge is 2.32. The minimum Gasteiger partial charge on any atom is -0.335 e. The van der Waals surface area contributed by atoms with Gasteiger partial charge >= 0.3 is 0 Å². The van der Waals surface area contributed by atoms with Crippen LogP contribution in [0, 0.1) is 5.82 Å². The zero-order chi connectivity index (χ0) is 23.0. The summed E-state index contributed by atoms with van der Waals surface area (Å²) in [5, 5.41) is 0. The molecule has 1 aliphatic heterocycles. The number of aromatic nitrogens is 2. The second kappa shape index (κ2) is 8.72. The standard InChI is InChI=1S/C24H25FN4O3S/c25-20-6-8-21(9-7-20)29-17-26-16-23(29)24(30)27-11-13-28(14-12-27)33(31,32)22-10-5-18-3-1-2-4-19(18)15-22/h5-10,15-17H,1-4,11-14H2. The maximum atomic E-state index is 13.3. The molecule has 3 aromatic rings. The summed E-state index contributed by atoms with van der Waals surface area (Å²) in [6.45, 7) is 1.04. The summed E-state index contributed by atoms with van der Waals surface area (Å²) < 4.78 is 42.8. The van der Waals surface area contributed by atoms with E-state index in [1.807, 2.05) is 12.1 Å². The number of carbonyl (C=O) groups excluding carboxylic acids is 1. The molecular formula is C24H25FN4O3S. The lowest BCUT2D eigenvalue weighted by Gasteiger charge is -2.34. The van der Waals surface area contributed by atoms with Gasteiger partial charge in [-0.25, -0.2) is 17.8 Å². The van der Waals surface area contributed by atoms with Gasteiger partial charge in [0.05, 0.1) is 17.4 Å². The number of imidazole rings is 1. The Hall–Kier alpha value is -3.04. The average Bonchev–Trinajstić information content (AvgIpc) is 3.34. The number of piperazine rings is 1. The van der Waals surface area contributed by atoms with Crippen LogP contribution >= 0.6 is 0 Å². The van der Waals surface area contributed by atoms with Crippen molar-refractivity contribution < 1.29 is 17.6 Å². The molecule has 2 aromatic carbocycles. The number of hydrogen-bond donors (Lipinski definition) is 0. The monoisotopic (exact) mass is 468 g/mol. The third-order valence-electron chi connectivity index (χ3n) is 6.45. The van der Waals surface area contributed by atoms with Crippen LogP contribution in [-0.4, -0.2) is 59.3 Å². The fourth-order valence-corrected chi connectivity index (χ4v) is 6.05. The zero-order valence-corrected chi connectivity index (χ0v) is 19.0. The van der Waals surface area contributed by atoms with Gasteiger partial charge in [-0.3, -0.25) is 9.36 Å². The van der Waals surface area contributed by atoms with Crippen molar-refractivity contribution in [2.24, 2.45) is 0 Å². The number of aryl methyl sites for hydroxylation is 2. The second-order valence-corrected chi connectivity index (χ2v) is 10.4. The quantitative estimate of drug-likeness (QED) is 0.590. The van der Waals surface area contributed by atoms with Crippen molar-refractivity contribution in [3.05, 3.63) is 77.6 Å². The molecule has 9 heteroatoms. The second-order valence-electron chi connectivity index (χ2n) is 8.46. The van der Waals surface area contributed by atoms with Crippen molar-refractivity contribution >= 4 is 15.9 Å². The summed E-state index contributed by atoms with van der Waals surface area (Å²) in [6, 6.07) is 11.3. The molecule has 0 radical (unpaired) electrons. The van der Waals surface area contributed by atoms with Gasteiger partial charge < -0.3 is 4.90 Å². The maximum absolute atomic E-state index is 13.3. The number of halogens is 1. The molecule has 1 fully saturated rings. The van der Waals surface area contributed by atoms with Gasteiger partial charge in [0, 0.05) is 31.9 Å². The number of benzene rings is 2. The molecular weight excluding hydrogens is 443 g/mol. The van der Waals surface area contributed by atoms with Crippen LogP contribution in [0.1, 0.15) is 34.5 Å². The van der Waals surface area contributed by atoms with Crippen LogP contribution in [0.25, 0.3) is 5.69 Å². The smallest absolute Gasteiger partial charge is 0.272 e. The summed E-state index contributed by atoms with van der Waals surface area (Å²) in [4.78, 5) is 19.2. The molecule has 1 amide bonds. The van der Waals surface area contributed by atoms with E-state index in [9.17, 15) is 17.6 Å². The van der Waals surface area contributed by atoms with Gasteiger partial charge in [-0.05, 0) is 73.2 Å². The van der Waals surface area contributed by atoms with E-state index >= 15 is 0 Å². The van der Waals surface area contributed by atoms with Gasteiger partial charge in [-0.2, -0.15) is 4.31 Å². The van der Waals surface area contributed by atoms with E-state index in [1.54, 1.807) is 27.7 Å². The van der Waals surface area contributed by atoms with Crippen LogP contribution in [0.15, 0.2) is 59.9 Å². The zero-order valence-electron chi connectivity index (χ0n) is 18.2. The first kappa shape index (κ1) is 21.8. The number of hydrogen-bond acceptors (Lipinski definition) is 4. The van der Waals surface area contributed by atoms with E-state index in [1.165, 1.54) is 34.5 Å². The summed E-state index contributed by atoms with van der Waals surface area (Å²) in [7, 11) is -3.61. The summed E-state index contributed by atoms with van der Waals surface area (Å²) in [5.41, 5.74) is 3.36. The fraction of sp³-hybridized carbons (Fsp3) is 0.333. The van der Waals surface area contributed by atoms with E-state index in [2.05, 4.69) is 4.98 Å². The van der Waals surface area contributed by atoms with Crippen LogP contribution in [0.2, 0.25) is 0 Å². The van der Waals surface area contributed by atoms with Crippen molar-refractivity contribution in [1.82, 2.24) is 18.8 Å². The van der Waals surface area contributed by atoms with Gasteiger partial charge in [0.25, 0.3) is 5.91 Å². The largest absolute Gasteiger partial charge is 0.335 e. The Morgan fingerprint density at radius 1 is 0.909 bits per heavy atom. The first-order valence-corrected chi connectivity index (χ1v) is 12.6. The third kappa shape index (κ3) is 4.18. The Morgan fingerprint density at radius 2 is 1.61 bits per heavy atom. The third-order valence-corrected chi connectivity index (χ3v) is 8.34. The van der Waals surface area contributed by atoms with Crippen molar-refractivity contribution in [1.29, 1.82) is 0 Å². The lowest BCUT2D eigenvalue weighted by Crippen LogP contribution is -2.50. The predicted octanol–water partition coefficient (Wildman–Crippen LogP) is 3.04. The molecule has 5 rings (SSSR count). The van der Waals surface area contributed by atoms with Crippen LogP contribution in [0.3, 0.4) is 0 Å². The lowest BCUT2D eigenvalue weighted by atomic mass is 9.92. The molecule has 0 spiro atoms. The number of fused-ring (bicyclic) bond motifs is 1. The molecule has 2 aliphatic rings. The molecule has 2 heterocycles. The van der Waals surface area contributed by atoms with Gasteiger partial charge in [0.1, 0.15) is 11.5 Å². The van der Waals surface area contributed by atoms with E-state index < -0.39 is 10.0 Å². The highest BCUT2D eigenvalue weighted by Crippen LogP contribution is 2.26. The van der Waals surface area contributed by atoms with E-state index in [4.69, 9.17) is 0 Å². The number of carbonyl (C=O) groups is 1. The maximum Gasteiger partial charge on any atom is 0.272 e. The average molecular weight is 469 g/mol. The lowest BCUT2D eigenvalue weighted by molar-refractivity contribution is 0.0690. The van der Waals surface area contributed by atoms with Crippen molar-refractivity contribution in [2.75, 3.05) is 26.2 Å². The number of nitrogens with zero attached hydrogens (tertiary/aromatic N) is 4. The number of sulfonamides is 1. The van der Waals surface area contributed by atoms with Crippen LogP contribution < -0.4 is 0 Å². The van der Waals surface area contributed by atoms with Crippen LogP contribution in [-0.2, 0) is 22.9 Å². The van der Waals surface area contributed by atoms with E-state index in [0.717, 1.165) is 31.2 Å². The minimum absolute atomic E-state index is 0.232. The van der Waals surface area contributed by atoms with Crippen LogP contribution in [0.4, 0.5) is 4.39 Å². The molecule has 7 nitrogen and oxygen atoms in total. The SMILES string of the molecule is O=C(c1cncn1-c1ccc(F)cc1)N1CCN(S(=O)(=O)c2ccc3c(c2)CCCC3)CC1. The van der Waals surface area contributed by atoms with Crippen LogP contribution in [0.5, 0.6) is 0 Å². The number of rotatable bonds is 4. The number of amides is 1. The van der Waals surface area contributed by atoms with Crippen molar-refractivity contribution in [3.8, 4) is 5.69 Å². The van der Waals surface area contributed by atoms with Gasteiger partial charge in [0.2, 0.25) is 10.0 Å². The molecule has 172 valence electrons. The molecule has 1 aliphatic carbocycles. The normalized spacial score (nSPS) is 17.1. The molecule has 0 saturated carbocycles. The molecule has 0 atom stereocenters. The highest BCUT2D eigenvalue weighted by molar-refractivity contribution is 7.89. The van der Waals surface area contributed by atoms with Gasteiger partial charge in [0.15, 0.2) is 0 Å². The summed E-state index contributed by atoms with van der Waals surface area (Å²) >= 11 is 0. The minimum atomic E-state index is -3.61. The molecule has 0 N–H and O–H groups in total. The first-order valence-electron chi connectivity index (χ1n) is 11.1. The van der Waals surface area contributed by atoms with Crippen molar-refractivity contribution in [3.63, 3.8) is 0 Å². The highest BCUT2D eigenvalue weighted by atomic mass is 32.2. The summed E-state index contributed by atoms with van der Waals surface area (Å²) in [6.07, 6.45) is 7.15. The molecule has 1 aromatic heterocycles. The predicted molar refractivity (Wildman–Crippen MR) is 121 cm³/mol. The first-order chi connectivity index (χ1) is 15.9. The molecule has 0 bridgehead atoms. The molecule has 33 heavy (non-hydrogen) atoms. The summed E-state index contributed by atoms with van der Waals surface area (Å²) in [5.74, 6) is -0.592. The Bertz CT molecular complexity index is 1280. The van der Waals surface area contributed by atoms with E-state index in [0.29, 0.717) is 16.3 Å². The fourth-order valence-electron chi connectivity index (χ4n) is 4.57. The Balaban J connectivity index is 1.29. The Labute approximate surface area is 192 Å². The topological polar surface area (TPSA) is 75.5 Å². The Morgan fingerprint density at radius 3 is 2.33 bits per heavy atom.